The van der Waals surface area contributed by atoms with Crippen LogP contribution in [0.4, 0.5) is 5.69 Å². The summed E-state index contributed by atoms with van der Waals surface area (Å²) in [4.78, 5) is 27.7. The third kappa shape index (κ3) is 5.32. The molecule has 7 nitrogen and oxygen atoms in total. The summed E-state index contributed by atoms with van der Waals surface area (Å²) in [5, 5.41) is 3.18. The van der Waals surface area contributed by atoms with Crippen LogP contribution in [0.5, 0.6) is 0 Å². The molecular weight excluding hydrogens is 354 g/mol. The number of anilines is 1. The standard InChI is InChI=1S/C18H25N3O4S/c1-4-5-6-8-12(2)19-18(23)15-11-16(22)13-9-7-10-14(17(13)20-15)21-26(3,24)25/h7,9-12,21H,4-6,8H2,1-3H3,(H,19,23)(H,20,22)/t12-/m0/s1. The van der Waals surface area contributed by atoms with Gasteiger partial charge < -0.3 is 10.3 Å². The van der Waals surface area contributed by atoms with Gasteiger partial charge in [0.25, 0.3) is 5.91 Å². The van der Waals surface area contributed by atoms with E-state index >= 15 is 0 Å². The molecule has 1 aromatic heterocycles. The molecule has 142 valence electrons. The summed E-state index contributed by atoms with van der Waals surface area (Å²) >= 11 is 0. The second-order valence-corrected chi connectivity index (χ2v) is 8.27. The molecule has 8 heteroatoms. The fraction of sp³-hybridized carbons (Fsp3) is 0.444. The highest BCUT2D eigenvalue weighted by molar-refractivity contribution is 7.92. The Kier molecular flexibility index (Phi) is 6.42. The van der Waals surface area contributed by atoms with E-state index in [1.165, 1.54) is 12.1 Å². The van der Waals surface area contributed by atoms with Gasteiger partial charge in [-0.15, -0.1) is 0 Å². The molecule has 3 N–H and O–H groups in total. The average Bonchev–Trinajstić information content (AvgIpc) is 2.54. The molecule has 0 unspecified atom stereocenters. The van der Waals surface area contributed by atoms with Crippen LogP contribution in [-0.4, -0.2) is 31.6 Å². The number of fused-ring (bicyclic) bond motifs is 1. The first-order valence-corrected chi connectivity index (χ1v) is 10.5. The van der Waals surface area contributed by atoms with E-state index in [0.717, 1.165) is 31.9 Å². The van der Waals surface area contributed by atoms with Crippen LogP contribution in [0.1, 0.15) is 50.0 Å². The van der Waals surface area contributed by atoms with Crippen molar-refractivity contribution in [2.24, 2.45) is 0 Å². The van der Waals surface area contributed by atoms with Gasteiger partial charge in [-0.05, 0) is 25.5 Å². The summed E-state index contributed by atoms with van der Waals surface area (Å²) in [5.41, 5.74) is 0.272. The molecule has 0 bridgehead atoms. The van der Waals surface area contributed by atoms with Crippen LogP contribution >= 0.6 is 0 Å². The van der Waals surface area contributed by atoms with Crippen LogP contribution in [0.2, 0.25) is 0 Å². The van der Waals surface area contributed by atoms with E-state index in [-0.39, 0.29) is 34.3 Å². The molecule has 0 aliphatic heterocycles. The summed E-state index contributed by atoms with van der Waals surface area (Å²) in [6.07, 6.45) is 5.12. The molecule has 1 aromatic carbocycles. The van der Waals surface area contributed by atoms with Gasteiger partial charge in [0.15, 0.2) is 5.43 Å². The molecule has 2 rings (SSSR count). The number of rotatable bonds is 8. The molecule has 0 spiro atoms. The number of hydrogen-bond donors (Lipinski definition) is 3. The first-order chi connectivity index (χ1) is 12.2. The van der Waals surface area contributed by atoms with E-state index in [4.69, 9.17) is 0 Å². The van der Waals surface area contributed by atoms with E-state index < -0.39 is 10.0 Å². The summed E-state index contributed by atoms with van der Waals surface area (Å²) in [6.45, 7) is 4.04. The van der Waals surface area contributed by atoms with E-state index in [0.29, 0.717) is 5.39 Å². The van der Waals surface area contributed by atoms with Crippen LogP contribution in [0.15, 0.2) is 29.1 Å². The summed E-state index contributed by atoms with van der Waals surface area (Å²) in [6, 6.07) is 5.92. The molecule has 26 heavy (non-hydrogen) atoms. The minimum absolute atomic E-state index is 0.0161. The monoisotopic (exact) mass is 379 g/mol. The number of carbonyl (C=O) groups excluding carboxylic acids is 1. The van der Waals surface area contributed by atoms with Crippen LogP contribution in [0, 0.1) is 0 Å². The maximum absolute atomic E-state index is 12.5. The van der Waals surface area contributed by atoms with Gasteiger partial charge >= 0.3 is 0 Å². The van der Waals surface area contributed by atoms with Crippen molar-refractivity contribution in [3.05, 3.63) is 40.2 Å². The third-order valence-electron chi connectivity index (χ3n) is 4.02. The van der Waals surface area contributed by atoms with Crippen molar-refractivity contribution in [1.82, 2.24) is 10.3 Å². The fourth-order valence-electron chi connectivity index (χ4n) is 2.75. The maximum Gasteiger partial charge on any atom is 0.268 e. The number of amides is 1. The SMILES string of the molecule is CCCCC[C@H](C)NC(=O)c1cc(=O)c2cccc(NS(C)(=O)=O)c2[nH]1. The van der Waals surface area contributed by atoms with Crippen LogP contribution < -0.4 is 15.5 Å². The lowest BCUT2D eigenvalue weighted by molar-refractivity contribution is 0.0933. The number of aromatic nitrogens is 1. The van der Waals surface area contributed by atoms with Crippen molar-refractivity contribution in [3.63, 3.8) is 0 Å². The highest BCUT2D eigenvalue weighted by Crippen LogP contribution is 2.20. The largest absolute Gasteiger partial charge is 0.349 e. The first kappa shape index (κ1) is 20.0. The predicted molar refractivity (Wildman–Crippen MR) is 104 cm³/mol. The molecule has 1 heterocycles. The lowest BCUT2D eigenvalue weighted by Gasteiger charge is -2.14. The van der Waals surface area contributed by atoms with Gasteiger partial charge in [-0.25, -0.2) is 8.42 Å². The molecule has 0 saturated carbocycles. The molecule has 2 aromatic rings. The molecule has 0 aliphatic rings. The average molecular weight is 379 g/mol. The van der Waals surface area contributed by atoms with Gasteiger partial charge in [0, 0.05) is 17.5 Å². The number of para-hydroxylation sites is 1. The van der Waals surface area contributed by atoms with Crippen molar-refractivity contribution in [2.45, 2.75) is 45.6 Å². The Bertz CT molecular complexity index is 951. The highest BCUT2D eigenvalue weighted by atomic mass is 32.2. The molecule has 1 atom stereocenters. The summed E-state index contributed by atoms with van der Waals surface area (Å²) in [5.74, 6) is -0.387. The minimum Gasteiger partial charge on any atom is -0.349 e. The third-order valence-corrected chi connectivity index (χ3v) is 4.61. The second-order valence-electron chi connectivity index (χ2n) is 6.52. The predicted octanol–water partition coefficient (Wildman–Crippen LogP) is 2.60. The number of nitrogens with one attached hydrogen (secondary N) is 3. The molecule has 0 radical (unpaired) electrons. The van der Waals surface area contributed by atoms with Crippen LogP contribution in [0.25, 0.3) is 10.9 Å². The maximum atomic E-state index is 12.5. The number of unbranched alkanes of at least 4 members (excludes halogenated alkanes) is 2. The van der Waals surface area contributed by atoms with Crippen molar-refractivity contribution in [3.8, 4) is 0 Å². The molecule has 0 fully saturated rings. The zero-order valence-electron chi connectivity index (χ0n) is 15.3. The Labute approximate surface area is 153 Å². The number of pyridine rings is 1. The van der Waals surface area contributed by atoms with E-state index in [9.17, 15) is 18.0 Å². The second kappa shape index (κ2) is 8.35. The van der Waals surface area contributed by atoms with E-state index in [2.05, 4.69) is 21.9 Å². The summed E-state index contributed by atoms with van der Waals surface area (Å²) in [7, 11) is -3.52. The zero-order chi connectivity index (χ0) is 19.3. The van der Waals surface area contributed by atoms with Gasteiger partial charge in [-0.3, -0.25) is 14.3 Å². The Morgan fingerprint density at radius 2 is 2.00 bits per heavy atom. The highest BCUT2D eigenvalue weighted by Gasteiger charge is 2.15. The topological polar surface area (TPSA) is 108 Å². The van der Waals surface area contributed by atoms with Crippen molar-refractivity contribution < 1.29 is 13.2 Å². The molecule has 0 saturated heterocycles. The van der Waals surface area contributed by atoms with E-state index in [1.54, 1.807) is 12.1 Å². The Balaban J connectivity index is 2.32. The molecular formula is C18H25N3O4S. The lowest BCUT2D eigenvalue weighted by Crippen LogP contribution is -2.33. The number of carbonyl (C=O) groups is 1. The first-order valence-electron chi connectivity index (χ1n) is 8.66. The Morgan fingerprint density at radius 3 is 2.65 bits per heavy atom. The van der Waals surface area contributed by atoms with Gasteiger partial charge in [-0.1, -0.05) is 32.3 Å². The number of hydrogen-bond acceptors (Lipinski definition) is 4. The van der Waals surface area contributed by atoms with E-state index in [1.807, 2.05) is 6.92 Å². The van der Waals surface area contributed by atoms with Crippen LogP contribution in [0.3, 0.4) is 0 Å². The smallest absolute Gasteiger partial charge is 0.268 e. The number of aromatic amines is 1. The lowest BCUT2D eigenvalue weighted by atomic mass is 10.1. The quantitative estimate of drug-likeness (QED) is 0.613. The number of benzene rings is 1. The fourth-order valence-corrected chi connectivity index (χ4v) is 3.32. The minimum atomic E-state index is -3.52. The van der Waals surface area contributed by atoms with Gasteiger partial charge in [0.1, 0.15) is 5.69 Å². The molecule has 1 amide bonds. The van der Waals surface area contributed by atoms with Crippen molar-refractivity contribution >= 4 is 32.5 Å². The van der Waals surface area contributed by atoms with Gasteiger partial charge in [0.05, 0.1) is 17.5 Å². The number of sulfonamides is 1. The van der Waals surface area contributed by atoms with Crippen molar-refractivity contribution in [2.75, 3.05) is 11.0 Å². The molecule has 0 aliphatic carbocycles. The van der Waals surface area contributed by atoms with Crippen molar-refractivity contribution in [1.29, 1.82) is 0 Å². The normalized spacial score (nSPS) is 12.7. The summed E-state index contributed by atoms with van der Waals surface area (Å²) < 4.78 is 25.4. The van der Waals surface area contributed by atoms with Gasteiger partial charge in [-0.2, -0.15) is 0 Å². The Morgan fingerprint density at radius 1 is 1.27 bits per heavy atom. The van der Waals surface area contributed by atoms with Crippen LogP contribution in [-0.2, 0) is 10.0 Å². The number of H-pyrrole nitrogens is 1. The zero-order valence-corrected chi connectivity index (χ0v) is 16.1. The van der Waals surface area contributed by atoms with Gasteiger partial charge in [0.2, 0.25) is 10.0 Å². The Hall–Kier alpha value is -2.35.